The molecule has 54 heavy (non-hydrogen) atoms. The van der Waals surface area contributed by atoms with Gasteiger partial charge >= 0.3 is 24.0 Å². The summed E-state index contributed by atoms with van der Waals surface area (Å²) in [6.07, 6.45) is 0. The third-order valence-electron chi connectivity index (χ3n) is 8.45. The topological polar surface area (TPSA) is 114 Å². The average molecular weight is 748 g/mol. The van der Waals surface area contributed by atoms with Crippen LogP contribution in [0.3, 0.4) is 0 Å². The molecule has 12 heteroatoms. The Morgan fingerprint density at radius 2 is 0.519 bits per heavy atom. The molecule has 10 nitrogen and oxygen atoms in total. The first-order valence-electron chi connectivity index (χ1n) is 16.6. The number of halogens is 2. The second-order valence-electron chi connectivity index (χ2n) is 12.0. The van der Waals surface area contributed by atoms with Crippen LogP contribution in [0.4, 0.5) is 0 Å². The predicted octanol–water partition coefficient (Wildman–Crippen LogP) is 11.5. The highest BCUT2D eigenvalue weighted by Gasteiger charge is 2.13. The predicted molar refractivity (Wildman–Crippen MR) is 205 cm³/mol. The molecule has 2 aromatic heterocycles. The Hall–Kier alpha value is -6.88. The van der Waals surface area contributed by atoms with Gasteiger partial charge in [0.25, 0.3) is 0 Å². The highest BCUT2D eigenvalue weighted by Crippen LogP contribution is 2.33. The minimum atomic E-state index is -0.0588. The molecule has 0 spiro atoms. The van der Waals surface area contributed by atoms with Gasteiger partial charge in [0.05, 0.1) is 0 Å². The maximum absolute atomic E-state index is 6.24. The second kappa shape index (κ2) is 14.3. The van der Waals surface area contributed by atoms with Crippen LogP contribution in [-0.4, -0.2) is 29.9 Å². The molecule has 0 saturated heterocycles. The zero-order valence-electron chi connectivity index (χ0n) is 27.9. The second-order valence-corrected chi connectivity index (χ2v) is 12.7. The van der Waals surface area contributed by atoms with Gasteiger partial charge in [0.1, 0.15) is 23.0 Å². The lowest BCUT2D eigenvalue weighted by Gasteiger charge is -2.10. The van der Waals surface area contributed by atoms with Gasteiger partial charge in [0, 0.05) is 0 Å². The van der Waals surface area contributed by atoms with Crippen molar-refractivity contribution in [3.05, 3.63) is 156 Å². The van der Waals surface area contributed by atoms with Crippen molar-refractivity contribution in [1.82, 2.24) is 29.9 Å². The van der Waals surface area contributed by atoms with E-state index < -0.39 is 0 Å². The van der Waals surface area contributed by atoms with Crippen LogP contribution in [0.25, 0.3) is 44.5 Å². The van der Waals surface area contributed by atoms with Crippen molar-refractivity contribution >= 4 is 23.2 Å². The Bertz CT molecular complexity index is 2280. The van der Waals surface area contributed by atoms with Gasteiger partial charge in [-0.25, -0.2) is 0 Å². The van der Waals surface area contributed by atoms with E-state index in [-0.39, 0.29) is 34.6 Å². The largest absolute Gasteiger partial charge is 0.424 e. The molecule has 260 valence electrons. The molecule has 0 aliphatic carbocycles. The first-order chi connectivity index (χ1) is 26.5. The van der Waals surface area contributed by atoms with Crippen LogP contribution in [0.1, 0.15) is 0 Å². The van der Waals surface area contributed by atoms with Crippen LogP contribution in [0.2, 0.25) is 10.6 Å². The molecule has 9 heterocycles. The van der Waals surface area contributed by atoms with E-state index in [2.05, 4.69) is 42.0 Å². The number of rotatable bonds is 0. The molecule has 0 radical (unpaired) electrons. The minimum Gasteiger partial charge on any atom is -0.424 e. The normalized spacial score (nSPS) is 11.7. The van der Waals surface area contributed by atoms with Crippen LogP contribution in [0, 0.1) is 0 Å². The summed E-state index contributed by atoms with van der Waals surface area (Å²) < 4.78 is 23.8. The third-order valence-corrected chi connectivity index (χ3v) is 8.78. The fourth-order valence-corrected chi connectivity index (χ4v) is 6.14. The van der Waals surface area contributed by atoms with Gasteiger partial charge in [0.15, 0.2) is 0 Å². The van der Waals surface area contributed by atoms with Crippen molar-refractivity contribution in [3.8, 4) is 91.5 Å². The molecule has 7 aliphatic rings. The van der Waals surface area contributed by atoms with E-state index in [0.29, 0.717) is 23.0 Å². The first kappa shape index (κ1) is 33.0. The van der Waals surface area contributed by atoms with Crippen molar-refractivity contribution in [3.63, 3.8) is 0 Å². The molecule has 0 saturated carbocycles. The molecular formula is C42H24Cl2N6O4. The Morgan fingerprint density at radius 1 is 0.278 bits per heavy atom. The fraction of sp³-hybridized carbons (Fsp3) is 0. The molecule has 8 aromatic rings. The zero-order chi connectivity index (χ0) is 36.4. The van der Waals surface area contributed by atoms with Gasteiger partial charge in [-0.2, -0.15) is 19.9 Å². The van der Waals surface area contributed by atoms with Crippen molar-refractivity contribution < 1.29 is 18.9 Å². The summed E-state index contributed by atoms with van der Waals surface area (Å²) in [7, 11) is 0. The van der Waals surface area contributed by atoms with Crippen LogP contribution in [0.5, 0.6) is 47.0 Å². The molecule has 6 aromatic carbocycles. The first-order valence-corrected chi connectivity index (χ1v) is 17.4. The number of ether oxygens (including phenoxy) is 4. The van der Waals surface area contributed by atoms with Crippen LogP contribution < -0.4 is 18.9 Å². The Kier molecular flexibility index (Phi) is 8.72. The number of hydrogen-bond donors (Lipinski definition) is 0. The summed E-state index contributed by atoms with van der Waals surface area (Å²) in [5.74, 6) is 2.08. The highest BCUT2D eigenvalue weighted by molar-refractivity contribution is 6.28. The summed E-state index contributed by atoms with van der Waals surface area (Å²) in [6, 6.07) is 46.7. The van der Waals surface area contributed by atoms with Gasteiger partial charge in [-0.15, -0.1) is 9.97 Å². The van der Waals surface area contributed by atoms with Gasteiger partial charge in [-0.3, -0.25) is 0 Å². The number of nitrogens with zero attached hydrogens (tertiary/aromatic N) is 6. The molecule has 16 bridgehead atoms. The number of aromatic nitrogens is 6. The van der Waals surface area contributed by atoms with Gasteiger partial charge in [0.2, 0.25) is 10.6 Å². The lowest BCUT2D eigenvalue weighted by atomic mass is 9.99. The van der Waals surface area contributed by atoms with E-state index in [4.69, 9.17) is 42.1 Å². The molecule has 15 rings (SSSR count). The number of hydrogen-bond acceptors (Lipinski definition) is 10. The Balaban J connectivity index is 1.06. The van der Waals surface area contributed by atoms with Crippen LogP contribution in [0.15, 0.2) is 146 Å². The van der Waals surface area contributed by atoms with Crippen molar-refractivity contribution in [1.29, 1.82) is 0 Å². The van der Waals surface area contributed by atoms with Crippen molar-refractivity contribution in [2.45, 2.75) is 0 Å². The quantitative estimate of drug-likeness (QED) is 0.148. The average Bonchev–Trinajstić information content (AvgIpc) is 3.18. The maximum Gasteiger partial charge on any atom is 0.329 e. The summed E-state index contributed by atoms with van der Waals surface area (Å²) in [6.45, 7) is 0. The molecule has 0 amide bonds. The summed E-state index contributed by atoms with van der Waals surface area (Å²) >= 11 is 12.5. The summed E-state index contributed by atoms with van der Waals surface area (Å²) in [5, 5.41) is -0.118. The third kappa shape index (κ3) is 7.38. The van der Waals surface area contributed by atoms with E-state index in [1.54, 1.807) is 0 Å². The van der Waals surface area contributed by atoms with E-state index in [1.807, 2.05) is 133 Å². The van der Waals surface area contributed by atoms with E-state index in [1.165, 1.54) is 0 Å². The lowest BCUT2D eigenvalue weighted by Crippen LogP contribution is -1.98. The van der Waals surface area contributed by atoms with Gasteiger partial charge in [-0.1, -0.05) is 84.9 Å². The van der Waals surface area contributed by atoms with E-state index >= 15 is 0 Å². The molecule has 0 fully saturated rings. The lowest BCUT2D eigenvalue weighted by molar-refractivity contribution is 0.396. The fourth-order valence-electron chi connectivity index (χ4n) is 5.85. The molecule has 0 unspecified atom stereocenters. The molecule has 0 atom stereocenters. The molecule has 7 aliphatic heterocycles. The smallest absolute Gasteiger partial charge is 0.329 e. The van der Waals surface area contributed by atoms with E-state index in [9.17, 15) is 0 Å². The number of benzene rings is 6. The summed E-state index contributed by atoms with van der Waals surface area (Å²) in [5.41, 5.74) is 8.03. The summed E-state index contributed by atoms with van der Waals surface area (Å²) in [4.78, 5) is 25.2. The van der Waals surface area contributed by atoms with E-state index in [0.717, 1.165) is 44.5 Å². The van der Waals surface area contributed by atoms with Gasteiger partial charge in [-0.05, 0) is 128 Å². The molecular weight excluding hydrogens is 723 g/mol. The standard InChI is InChI=1S/C42H24Cl2N6O4/c43-37-45-39-49-41(47-37)53-35-19-11-27(12-20-35)31-5-2-6-32(24-31)28-13-21-36(22-14-28)54-42-48-38(44)46-40(50-42)52-34-17-9-26(10-18-34)30-4-1-3-29(23-30)25-7-15-33(51-39)16-8-25/h1-24H. The Morgan fingerprint density at radius 3 is 0.759 bits per heavy atom. The maximum atomic E-state index is 6.24. The monoisotopic (exact) mass is 746 g/mol. The minimum absolute atomic E-state index is 0.00484. The van der Waals surface area contributed by atoms with Crippen molar-refractivity contribution in [2.24, 2.45) is 0 Å². The SMILES string of the molecule is Clc1nc2nc(n1)Oc1ccc(cc1)-c1cccc(c1)-c1ccc(cc1)Oc1nc(Cl)nc(n1)Oc1ccc(cc1)-c1cccc(c1)-c1ccc(cc1)O2. The van der Waals surface area contributed by atoms with Crippen LogP contribution in [-0.2, 0) is 0 Å². The highest BCUT2D eigenvalue weighted by atomic mass is 35.5. The molecule has 0 N–H and O–H groups in total. The van der Waals surface area contributed by atoms with Crippen molar-refractivity contribution in [2.75, 3.05) is 0 Å². The van der Waals surface area contributed by atoms with Crippen LogP contribution >= 0.6 is 23.2 Å². The zero-order valence-corrected chi connectivity index (χ0v) is 29.4. The Labute approximate surface area is 318 Å². The van der Waals surface area contributed by atoms with Gasteiger partial charge < -0.3 is 18.9 Å².